The summed E-state index contributed by atoms with van der Waals surface area (Å²) in [6, 6.07) is 9.20. The Morgan fingerprint density at radius 1 is 1.30 bits per heavy atom. The van der Waals surface area contributed by atoms with Gasteiger partial charge in [0, 0.05) is 17.6 Å². The Morgan fingerprint density at radius 2 is 2.09 bits per heavy atom. The molecule has 2 N–H and O–H groups in total. The van der Waals surface area contributed by atoms with Crippen LogP contribution < -0.4 is 15.4 Å². The molecule has 1 atom stereocenters. The number of amides is 1. The van der Waals surface area contributed by atoms with E-state index in [4.69, 9.17) is 4.74 Å². The first-order chi connectivity index (χ1) is 10.7. The predicted molar refractivity (Wildman–Crippen MR) is 90.2 cm³/mol. The van der Waals surface area contributed by atoms with Gasteiger partial charge in [-0.15, -0.1) is 12.4 Å². The molecule has 0 bridgehead atoms. The number of aromatic nitrogens is 2. The van der Waals surface area contributed by atoms with Gasteiger partial charge < -0.3 is 15.4 Å². The highest BCUT2D eigenvalue weighted by Crippen LogP contribution is 2.20. The highest BCUT2D eigenvalue weighted by Gasteiger charge is 2.21. The summed E-state index contributed by atoms with van der Waals surface area (Å²) in [5.41, 5.74) is 1.59. The molecule has 23 heavy (non-hydrogen) atoms. The SMILES string of the molecule is Cc1ccnc(Oc2ccc(NC(=O)C3CCCN3)cc2)n1.Cl. The van der Waals surface area contributed by atoms with Gasteiger partial charge in [0.1, 0.15) is 5.75 Å². The average molecular weight is 335 g/mol. The molecule has 1 unspecified atom stereocenters. The molecule has 122 valence electrons. The lowest BCUT2D eigenvalue weighted by Crippen LogP contribution is -2.35. The lowest BCUT2D eigenvalue weighted by molar-refractivity contribution is -0.117. The third-order valence-electron chi connectivity index (χ3n) is 3.48. The molecule has 0 saturated carbocycles. The Hall–Kier alpha value is -2.18. The fraction of sp³-hybridized carbons (Fsp3) is 0.312. The number of hydrogen-bond acceptors (Lipinski definition) is 5. The molecule has 0 spiro atoms. The normalized spacial score (nSPS) is 16.5. The van der Waals surface area contributed by atoms with Crippen LogP contribution in [0.3, 0.4) is 0 Å². The van der Waals surface area contributed by atoms with Crippen molar-refractivity contribution in [2.24, 2.45) is 0 Å². The third-order valence-corrected chi connectivity index (χ3v) is 3.48. The number of hydrogen-bond donors (Lipinski definition) is 2. The lowest BCUT2D eigenvalue weighted by Gasteiger charge is -2.11. The predicted octanol–water partition coefficient (Wildman–Crippen LogP) is 2.69. The lowest BCUT2D eigenvalue weighted by atomic mass is 10.2. The van der Waals surface area contributed by atoms with Crippen LogP contribution in [0, 0.1) is 6.92 Å². The first kappa shape index (κ1) is 17.2. The summed E-state index contributed by atoms with van der Waals surface area (Å²) in [5, 5.41) is 6.07. The van der Waals surface area contributed by atoms with Crippen LogP contribution >= 0.6 is 12.4 Å². The highest BCUT2D eigenvalue weighted by atomic mass is 35.5. The zero-order valence-electron chi connectivity index (χ0n) is 12.8. The Bertz CT molecular complexity index is 657. The van der Waals surface area contributed by atoms with Crippen molar-refractivity contribution >= 4 is 24.0 Å². The molecule has 1 aliphatic heterocycles. The minimum atomic E-state index is -0.0865. The van der Waals surface area contributed by atoms with E-state index in [2.05, 4.69) is 20.6 Å². The monoisotopic (exact) mass is 334 g/mol. The standard InChI is InChI=1S/C16H18N4O2.ClH/c1-11-8-10-18-16(19-11)22-13-6-4-12(5-7-13)20-15(21)14-3-2-9-17-14;/h4-8,10,14,17H,2-3,9H2,1H3,(H,20,21);1H. The molecule has 1 fully saturated rings. The maximum Gasteiger partial charge on any atom is 0.322 e. The Kier molecular flexibility index (Phi) is 5.90. The van der Waals surface area contributed by atoms with Crippen molar-refractivity contribution in [3.63, 3.8) is 0 Å². The van der Waals surface area contributed by atoms with E-state index in [1.165, 1.54) is 0 Å². The second-order valence-electron chi connectivity index (χ2n) is 5.25. The molecule has 1 aromatic heterocycles. The van der Waals surface area contributed by atoms with Crippen molar-refractivity contribution in [2.75, 3.05) is 11.9 Å². The van der Waals surface area contributed by atoms with Crippen molar-refractivity contribution < 1.29 is 9.53 Å². The Morgan fingerprint density at radius 3 is 2.74 bits per heavy atom. The quantitative estimate of drug-likeness (QED) is 0.899. The second-order valence-corrected chi connectivity index (χ2v) is 5.25. The van der Waals surface area contributed by atoms with Gasteiger partial charge in [0.2, 0.25) is 5.91 Å². The third kappa shape index (κ3) is 4.64. The van der Waals surface area contributed by atoms with E-state index >= 15 is 0 Å². The molecule has 1 aliphatic rings. The number of nitrogens with zero attached hydrogens (tertiary/aromatic N) is 2. The second kappa shape index (κ2) is 7.89. The summed E-state index contributed by atoms with van der Waals surface area (Å²) < 4.78 is 5.57. The van der Waals surface area contributed by atoms with Gasteiger partial charge in [-0.05, 0) is 56.6 Å². The van der Waals surface area contributed by atoms with Crippen LogP contribution in [0.25, 0.3) is 0 Å². The van der Waals surface area contributed by atoms with E-state index in [1.807, 2.05) is 13.0 Å². The molecule has 1 amide bonds. The summed E-state index contributed by atoms with van der Waals surface area (Å²) in [6.45, 7) is 2.78. The first-order valence-electron chi connectivity index (χ1n) is 7.32. The van der Waals surface area contributed by atoms with Crippen molar-refractivity contribution in [3.8, 4) is 11.8 Å². The average Bonchev–Trinajstić information content (AvgIpc) is 3.04. The minimum absolute atomic E-state index is 0. The van der Waals surface area contributed by atoms with Crippen LogP contribution in [-0.2, 0) is 4.79 Å². The summed E-state index contributed by atoms with van der Waals surface area (Å²) in [5.74, 6) is 0.635. The highest BCUT2D eigenvalue weighted by molar-refractivity contribution is 5.95. The van der Waals surface area contributed by atoms with E-state index in [0.717, 1.165) is 30.8 Å². The van der Waals surface area contributed by atoms with Gasteiger partial charge in [-0.3, -0.25) is 4.79 Å². The van der Waals surface area contributed by atoms with Crippen LogP contribution in [0.15, 0.2) is 36.5 Å². The van der Waals surface area contributed by atoms with Gasteiger partial charge >= 0.3 is 6.01 Å². The fourth-order valence-corrected chi connectivity index (χ4v) is 2.32. The summed E-state index contributed by atoms with van der Waals surface area (Å²) in [6.07, 6.45) is 3.58. The zero-order valence-corrected chi connectivity index (χ0v) is 13.6. The summed E-state index contributed by atoms with van der Waals surface area (Å²) in [7, 11) is 0. The molecule has 3 rings (SSSR count). The van der Waals surface area contributed by atoms with Crippen molar-refractivity contribution in [3.05, 3.63) is 42.2 Å². The molecular weight excluding hydrogens is 316 g/mol. The number of anilines is 1. The van der Waals surface area contributed by atoms with Gasteiger partial charge in [0.25, 0.3) is 0 Å². The maximum absolute atomic E-state index is 12.0. The topological polar surface area (TPSA) is 76.1 Å². The smallest absolute Gasteiger partial charge is 0.322 e. The van der Waals surface area contributed by atoms with Crippen LogP contribution in [0.1, 0.15) is 18.5 Å². The van der Waals surface area contributed by atoms with Gasteiger partial charge in [-0.1, -0.05) is 0 Å². The van der Waals surface area contributed by atoms with Crippen LogP contribution in [0.5, 0.6) is 11.8 Å². The van der Waals surface area contributed by atoms with E-state index < -0.39 is 0 Å². The van der Waals surface area contributed by atoms with E-state index in [9.17, 15) is 4.79 Å². The largest absolute Gasteiger partial charge is 0.424 e. The zero-order chi connectivity index (χ0) is 15.4. The number of halogens is 1. The molecule has 0 aliphatic carbocycles. The first-order valence-corrected chi connectivity index (χ1v) is 7.32. The number of rotatable bonds is 4. The van der Waals surface area contributed by atoms with Crippen molar-refractivity contribution in [1.29, 1.82) is 0 Å². The number of aryl methyl sites for hydroxylation is 1. The van der Waals surface area contributed by atoms with Gasteiger partial charge in [-0.25, -0.2) is 9.97 Å². The number of carbonyl (C=O) groups excluding carboxylic acids is 1. The van der Waals surface area contributed by atoms with Crippen LogP contribution in [0.4, 0.5) is 5.69 Å². The van der Waals surface area contributed by atoms with Crippen molar-refractivity contribution in [2.45, 2.75) is 25.8 Å². The Balaban J connectivity index is 0.00000192. The van der Waals surface area contributed by atoms with Crippen LogP contribution in [0.2, 0.25) is 0 Å². The number of nitrogens with one attached hydrogen (secondary N) is 2. The number of carbonyl (C=O) groups is 1. The van der Waals surface area contributed by atoms with Gasteiger partial charge in [-0.2, -0.15) is 0 Å². The minimum Gasteiger partial charge on any atom is -0.424 e. The fourth-order valence-electron chi connectivity index (χ4n) is 2.32. The maximum atomic E-state index is 12.0. The molecule has 6 nitrogen and oxygen atoms in total. The number of ether oxygens (including phenoxy) is 1. The molecule has 0 radical (unpaired) electrons. The summed E-state index contributed by atoms with van der Waals surface area (Å²) in [4.78, 5) is 20.2. The van der Waals surface area contributed by atoms with Crippen molar-refractivity contribution in [1.82, 2.24) is 15.3 Å². The Labute approximate surface area is 141 Å². The van der Waals surface area contributed by atoms with E-state index in [1.54, 1.807) is 30.5 Å². The molecular formula is C16H19ClN4O2. The molecule has 2 heterocycles. The van der Waals surface area contributed by atoms with Gasteiger partial charge in [0.15, 0.2) is 0 Å². The molecule has 1 saturated heterocycles. The summed E-state index contributed by atoms with van der Waals surface area (Å²) >= 11 is 0. The number of benzene rings is 1. The molecule has 2 aromatic rings. The van der Waals surface area contributed by atoms with E-state index in [0.29, 0.717) is 11.8 Å². The van der Waals surface area contributed by atoms with Gasteiger partial charge in [0.05, 0.1) is 6.04 Å². The van der Waals surface area contributed by atoms with E-state index in [-0.39, 0.29) is 24.4 Å². The van der Waals surface area contributed by atoms with Crippen LogP contribution in [-0.4, -0.2) is 28.5 Å². The molecule has 7 heteroatoms. The molecule has 1 aromatic carbocycles.